The molecule has 1 aromatic rings. The lowest BCUT2D eigenvalue weighted by Gasteiger charge is -2.30. The number of hydrogen-bond acceptors (Lipinski definition) is 2. The van der Waals surface area contributed by atoms with E-state index >= 15 is 0 Å². The number of hydrogen-bond donors (Lipinski definition) is 2. The molecule has 136 valence electrons. The monoisotopic (exact) mass is 338 g/mol. The van der Waals surface area contributed by atoms with Crippen LogP contribution in [0.5, 0.6) is 0 Å². The van der Waals surface area contributed by atoms with Crippen LogP contribution < -0.4 is 10.6 Å². The first-order chi connectivity index (χ1) is 12.1. The topological polar surface area (TPSA) is 24.1 Å². The summed E-state index contributed by atoms with van der Waals surface area (Å²) in [5.41, 5.74) is 2.70. The summed E-state index contributed by atoms with van der Waals surface area (Å²) in [6.07, 6.45) is 15.3. The predicted molar refractivity (Wildman–Crippen MR) is 110 cm³/mol. The summed E-state index contributed by atoms with van der Waals surface area (Å²) >= 11 is 0. The van der Waals surface area contributed by atoms with Crippen molar-refractivity contribution in [2.75, 3.05) is 6.54 Å². The van der Waals surface area contributed by atoms with Crippen molar-refractivity contribution in [2.45, 2.75) is 58.7 Å². The van der Waals surface area contributed by atoms with Crippen LogP contribution in [0.1, 0.15) is 63.7 Å². The molecule has 2 rings (SSSR count). The highest BCUT2D eigenvalue weighted by molar-refractivity contribution is 5.27. The molecule has 0 spiro atoms. The molecule has 0 radical (unpaired) electrons. The van der Waals surface area contributed by atoms with E-state index in [2.05, 4.69) is 86.1 Å². The van der Waals surface area contributed by atoms with Gasteiger partial charge in [-0.2, -0.15) is 0 Å². The van der Waals surface area contributed by atoms with E-state index < -0.39 is 0 Å². The molecule has 4 atom stereocenters. The minimum absolute atomic E-state index is 0.357. The zero-order valence-corrected chi connectivity index (χ0v) is 16.2. The summed E-state index contributed by atoms with van der Waals surface area (Å²) in [6, 6.07) is 10.4. The molecule has 0 amide bonds. The van der Waals surface area contributed by atoms with Gasteiger partial charge in [-0.1, -0.05) is 67.6 Å². The number of allylic oxidation sites excluding steroid dienone is 4. The van der Waals surface area contributed by atoms with Gasteiger partial charge < -0.3 is 10.6 Å². The zero-order valence-electron chi connectivity index (χ0n) is 16.2. The van der Waals surface area contributed by atoms with Crippen LogP contribution in [0.3, 0.4) is 0 Å². The summed E-state index contributed by atoms with van der Waals surface area (Å²) in [5, 5.41) is 7.34. The van der Waals surface area contributed by atoms with Crippen molar-refractivity contribution >= 4 is 0 Å². The molecular weight excluding hydrogens is 304 g/mol. The van der Waals surface area contributed by atoms with E-state index in [0.29, 0.717) is 24.0 Å². The van der Waals surface area contributed by atoms with Crippen LogP contribution in [0, 0.1) is 5.92 Å². The minimum Gasteiger partial charge on any atom is -0.307 e. The first-order valence-corrected chi connectivity index (χ1v) is 9.64. The smallest absolute Gasteiger partial charge is 0.0294 e. The molecule has 0 heterocycles. The predicted octanol–water partition coefficient (Wildman–Crippen LogP) is 5.47. The van der Waals surface area contributed by atoms with Gasteiger partial charge in [-0.15, -0.1) is 0 Å². The summed E-state index contributed by atoms with van der Waals surface area (Å²) in [4.78, 5) is 0. The van der Waals surface area contributed by atoms with Crippen LogP contribution >= 0.6 is 0 Å². The van der Waals surface area contributed by atoms with Gasteiger partial charge in [0.15, 0.2) is 0 Å². The maximum atomic E-state index is 3.80. The molecule has 25 heavy (non-hydrogen) atoms. The van der Waals surface area contributed by atoms with Crippen LogP contribution in [0.25, 0.3) is 0 Å². The SMILES string of the molecule is C/C=C\C=C/CNC(C)c1ccc(C(C)NC2CC=CCC2C)cc1. The molecule has 2 heteroatoms. The maximum Gasteiger partial charge on any atom is 0.0294 e. The highest BCUT2D eigenvalue weighted by Crippen LogP contribution is 2.23. The van der Waals surface area contributed by atoms with Gasteiger partial charge in [0.05, 0.1) is 0 Å². The van der Waals surface area contributed by atoms with E-state index in [1.54, 1.807) is 0 Å². The third-order valence-electron chi connectivity index (χ3n) is 5.13. The molecule has 1 aromatic carbocycles. The van der Waals surface area contributed by atoms with Crippen molar-refractivity contribution in [1.29, 1.82) is 0 Å². The molecule has 2 N–H and O–H groups in total. The second-order valence-electron chi connectivity index (χ2n) is 7.17. The van der Waals surface area contributed by atoms with Gasteiger partial charge in [-0.05, 0) is 50.7 Å². The van der Waals surface area contributed by atoms with E-state index in [4.69, 9.17) is 0 Å². The highest BCUT2D eigenvalue weighted by atomic mass is 15.0. The Morgan fingerprint density at radius 3 is 2.28 bits per heavy atom. The normalized spacial score (nSPS) is 23.4. The lowest BCUT2D eigenvalue weighted by atomic mass is 9.89. The molecule has 0 saturated carbocycles. The molecule has 4 unspecified atom stereocenters. The fraction of sp³-hybridized carbons (Fsp3) is 0.478. The summed E-state index contributed by atoms with van der Waals surface area (Å²) in [5.74, 6) is 0.714. The first kappa shape index (κ1) is 19.7. The summed E-state index contributed by atoms with van der Waals surface area (Å²) in [6.45, 7) is 9.75. The molecule has 0 bridgehead atoms. The minimum atomic E-state index is 0.357. The lowest BCUT2D eigenvalue weighted by Crippen LogP contribution is -2.37. The van der Waals surface area contributed by atoms with E-state index in [1.807, 2.05) is 13.0 Å². The van der Waals surface area contributed by atoms with Crippen LogP contribution in [0.4, 0.5) is 0 Å². The van der Waals surface area contributed by atoms with Gasteiger partial charge in [0, 0.05) is 24.7 Å². The van der Waals surface area contributed by atoms with Crippen molar-refractivity contribution < 1.29 is 0 Å². The van der Waals surface area contributed by atoms with Crippen molar-refractivity contribution in [3.05, 3.63) is 71.8 Å². The average molecular weight is 339 g/mol. The van der Waals surface area contributed by atoms with Crippen LogP contribution in [0.2, 0.25) is 0 Å². The first-order valence-electron chi connectivity index (χ1n) is 9.64. The second kappa shape index (κ2) is 10.4. The number of benzene rings is 1. The zero-order chi connectivity index (χ0) is 18.1. The van der Waals surface area contributed by atoms with Crippen molar-refractivity contribution in [3.8, 4) is 0 Å². The van der Waals surface area contributed by atoms with E-state index in [1.165, 1.54) is 17.5 Å². The standard InChI is InChI=1S/C23H34N2/c1-5-6-7-10-17-24-19(3)21-13-15-22(16-14-21)20(4)25-23-12-9-8-11-18(23)2/h5-10,13-16,18-20,23-25H,11-12,17H2,1-4H3/b6-5-,10-7-. The summed E-state index contributed by atoms with van der Waals surface area (Å²) in [7, 11) is 0. The third-order valence-corrected chi connectivity index (χ3v) is 5.13. The third kappa shape index (κ3) is 6.30. The molecule has 0 fully saturated rings. The lowest BCUT2D eigenvalue weighted by molar-refractivity contribution is 0.339. The summed E-state index contributed by atoms with van der Waals surface area (Å²) < 4.78 is 0. The van der Waals surface area contributed by atoms with Gasteiger partial charge >= 0.3 is 0 Å². The van der Waals surface area contributed by atoms with Gasteiger partial charge in [0.1, 0.15) is 0 Å². The Bertz CT molecular complexity index is 583. The van der Waals surface area contributed by atoms with Crippen molar-refractivity contribution in [1.82, 2.24) is 10.6 Å². The Balaban J connectivity index is 1.86. The Morgan fingerprint density at radius 1 is 1.00 bits per heavy atom. The molecule has 1 aliphatic rings. The largest absolute Gasteiger partial charge is 0.307 e. The van der Waals surface area contributed by atoms with E-state index in [9.17, 15) is 0 Å². The Kier molecular flexibility index (Phi) is 8.17. The van der Waals surface area contributed by atoms with Crippen LogP contribution in [-0.2, 0) is 0 Å². The van der Waals surface area contributed by atoms with Gasteiger partial charge in [-0.3, -0.25) is 0 Å². The maximum absolute atomic E-state index is 3.80. The molecule has 0 aromatic heterocycles. The number of nitrogens with one attached hydrogen (secondary N) is 2. The molecule has 0 aliphatic heterocycles. The quantitative estimate of drug-likeness (QED) is 0.485. The molecule has 1 aliphatic carbocycles. The van der Waals surface area contributed by atoms with E-state index in [0.717, 1.165) is 13.0 Å². The van der Waals surface area contributed by atoms with Crippen LogP contribution in [0.15, 0.2) is 60.7 Å². The van der Waals surface area contributed by atoms with Gasteiger partial charge in [0.2, 0.25) is 0 Å². The van der Waals surface area contributed by atoms with Gasteiger partial charge in [0.25, 0.3) is 0 Å². The Morgan fingerprint density at radius 2 is 1.64 bits per heavy atom. The Hall–Kier alpha value is -1.64. The fourth-order valence-electron chi connectivity index (χ4n) is 3.29. The van der Waals surface area contributed by atoms with E-state index in [-0.39, 0.29) is 0 Å². The Labute approximate surface area is 154 Å². The van der Waals surface area contributed by atoms with Crippen LogP contribution in [-0.4, -0.2) is 12.6 Å². The molecule has 2 nitrogen and oxygen atoms in total. The highest BCUT2D eigenvalue weighted by Gasteiger charge is 2.20. The van der Waals surface area contributed by atoms with Crippen molar-refractivity contribution in [3.63, 3.8) is 0 Å². The van der Waals surface area contributed by atoms with Gasteiger partial charge in [-0.25, -0.2) is 0 Å². The number of rotatable bonds is 8. The fourth-order valence-corrected chi connectivity index (χ4v) is 3.29. The molecular formula is C23H34N2. The van der Waals surface area contributed by atoms with Crippen molar-refractivity contribution in [2.24, 2.45) is 5.92 Å². The second-order valence-corrected chi connectivity index (χ2v) is 7.17. The molecule has 0 saturated heterocycles. The average Bonchev–Trinajstić information content (AvgIpc) is 2.63.